The Morgan fingerprint density at radius 1 is 0.906 bits per heavy atom. The summed E-state index contributed by atoms with van der Waals surface area (Å²) in [6.07, 6.45) is 6.34. The quantitative estimate of drug-likeness (QED) is 0.143. The number of rotatable bonds is 11. The average Bonchev–Trinajstić information content (AvgIpc) is 3.64. The van der Waals surface area contributed by atoms with Crippen molar-refractivity contribution in [2.24, 2.45) is 0 Å². The molecule has 0 atom stereocenters. The van der Waals surface area contributed by atoms with Crippen LogP contribution in [0.3, 0.4) is 0 Å². The summed E-state index contributed by atoms with van der Waals surface area (Å²) >= 11 is 0. The predicted octanol–water partition coefficient (Wildman–Crippen LogP) is 3.30. The molecule has 1 aliphatic rings. The Hall–Kier alpha value is -3.45. The standard InChI is InChI=1S/C25H29N3O4/c29-23(28-32)9-5-2-6-16-26-24(30)20-12-10-18(11-13-20)17-22(19-7-3-1-4-8-19)25(31)27-21-14-15-21/h1,3-4,7-8,10-13,17,21,32H,2,5-6,9,14-16H2,(H,26,30)(H,27,31)(H,28,29)/b22-17+. The molecule has 0 aromatic heterocycles. The van der Waals surface area contributed by atoms with Gasteiger partial charge in [0.25, 0.3) is 11.8 Å². The summed E-state index contributed by atoms with van der Waals surface area (Å²) in [4.78, 5) is 36.0. The van der Waals surface area contributed by atoms with E-state index in [2.05, 4.69) is 10.6 Å². The van der Waals surface area contributed by atoms with E-state index in [4.69, 9.17) is 5.21 Å². The molecular weight excluding hydrogens is 406 g/mol. The van der Waals surface area contributed by atoms with E-state index in [1.54, 1.807) is 17.6 Å². The van der Waals surface area contributed by atoms with E-state index in [0.717, 1.165) is 36.8 Å². The number of carbonyl (C=O) groups is 3. The van der Waals surface area contributed by atoms with Gasteiger partial charge in [0.05, 0.1) is 0 Å². The molecule has 7 nitrogen and oxygen atoms in total. The number of amides is 3. The molecule has 3 rings (SSSR count). The van der Waals surface area contributed by atoms with Crippen LogP contribution >= 0.6 is 0 Å². The fourth-order valence-corrected chi connectivity index (χ4v) is 3.23. The van der Waals surface area contributed by atoms with Gasteiger partial charge in [0.2, 0.25) is 5.91 Å². The smallest absolute Gasteiger partial charge is 0.252 e. The second-order valence-corrected chi connectivity index (χ2v) is 7.90. The first-order valence-electron chi connectivity index (χ1n) is 11.0. The lowest BCUT2D eigenvalue weighted by atomic mass is 10.0. The van der Waals surface area contributed by atoms with Crippen molar-refractivity contribution < 1.29 is 19.6 Å². The van der Waals surface area contributed by atoms with Gasteiger partial charge in [-0.1, -0.05) is 48.9 Å². The van der Waals surface area contributed by atoms with E-state index in [-0.39, 0.29) is 24.3 Å². The second kappa shape index (κ2) is 11.8. The largest absolute Gasteiger partial charge is 0.352 e. The van der Waals surface area contributed by atoms with Gasteiger partial charge >= 0.3 is 0 Å². The lowest BCUT2D eigenvalue weighted by Crippen LogP contribution is -2.26. The molecule has 1 fully saturated rings. The molecule has 2 aromatic rings. The Kier molecular flexibility index (Phi) is 8.57. The van der Waals surface area contributed by atoms with Crippen molar-refractivity contribution in [3.05, 3.63) is 71.3 Å². The van der Waals surface area contributed by atoms with Gasteiger partial charge in [-0.15, -0.1) is 0 Å². The van der Waals surface area contributed by atoms with Crippen LogP contribution in [0.5, 0.6) is 0 Å². The number of nitrogens with one attached hydrogen (secondary N) is 3. The number of hydrogen-bond acceptors (Lipinski definition) is 4. The van der Waals surface area contributed by atoms with E-state index in [1.807, 2.05) is 48.5 Å². The monoisotopic (exact) mass is 435 g/mol. The van der Waals surface area contributed by atoms with Crippen molar-refractivity contribution in [1.29, 1.82) is 0 Å². The number of carbonyl (C=O) groups excluding carboxylic acids is 3. The highest BCUT2D eigenvalue weighted by molar-refractivity contribution is 6.24. The van der Waals surface area contributed by atoms with Gasteiger partial charge in [-0.25, -0.2) is 5.48 Å². The van der Waals surface area contributed by atoms with Crippen LogP contribution in [0.4, 0.5) is 0 Å². The Morgan fingerprint density at radius 2 is 1.62 bits per heavy atom. The fraction of sp³-hybridized carbons (Fsp3) is 0.320. The molecule has 0 heterocycles. The molecule has 2 aromatic carbocycles. The average molecular weight is 436 g/mol. The molecular formula is C25H29N3O4. The van der Waals surface area contributed by atoms with Crippen molar-refractivity contribution in [3.63, 3.8) is 0 Å². The zero-order valence-corrected chi connectivity index (χ0v) is 18.0. The highest BCUT2D eigenvalue weighted by atomic mass is 16.5. The first kappa shape index (κ1) is 23.2. The highest BCUT2D eigenvalue weighted by Crippen LogP contribution is 2.23. The van der Waals surface area contributed by atoms with Crippen LogP contribution in [-0.4, -0.2) is 35.5 Å². The summed E-state index contributed by atoms with van der Waals surface area (Å²) in [7, 11) is 0. The van der Waals surface area contributed by atoms with Crippen molar-refractivity contribution in [3.8, 4) is 0 Å². The van der Waals surface area contributed by atoms with E-state index >= 15 is 0 Å². The molecule has 0 aliphatic heterocycles. The highest BCUT2D eigenvalue weighted by Gasteiger charge is 2.25. The Bertz CT molecular complexity index is 951. The summed E-state index contributed by atoms with van der Waals surface area (Å²) in [5, 5.41) is 14.4. The van der Waals surface area contributed by atoms with Gasteiger partial charge in [0, 0.05) is 30.1 Å². The van der Waals surface area contributed by atoms with Gasteiger partial charge in [-0.2, -0.15) is 0 Å². The van der Waals surface area contributed by atoms with Crippen LogP contribution in [0.1, 0.15) is 60.0 Å². The Labute approximate surface area is 187 Å². The minimum absolute atomic E-state index is 0.0861. The van der Waals surface area contributed by atoms with Crippen LogP contribution < -0.4 is 16.1 Å². The van der Waals surface area contributed by atoms with Gasteiger partial charge in [-0.3, -0.25) is 19.6 Å². The summed E-state index contributed by atoms with van der Waals surface area (Å²) in [5.74, 6) is -0.649. The molecule has 7 heteroatoms. The zero-order chi connectivity index (χ0) is 22.8. The number of hydrogen-bond donors (Lipinski definition) is 4. The van der Waals surface area contributed by atoms with Crippen LogP contribution in [0.25, 0.3) is 11.6 Å². The van der Waals surface area contributed by atoms with Crippen molar-refractivity contribution >= 4 is 29.4 Å². The maximum absolute atomic E-state index is 12.7. The molecule has 4 N–H and O–H groups in total. The predicted molar refractivity (Wildman–Crippen MR) is 123 cm³/mol. The van der Waals surface area contributed by atoms with E-state index in [9.17, 15) is 14.4 Å². The third-order valence-corrected chi connectivity index (χ3v) is 5.22. The van der Waals surface area contributed by atoms with Gasteiger partial charge < -0.3 is 10.6 Å². The lowest BCUT2D eigenvalue weighted by molar-refractivity contribution is -0.129. The van der Waals surface area contributed by atoms with Gasteiger partial charge in [0.1, 0.15) is 0 Å². The molecule has 168 valence electrons. The fourth-order valence-electron chi connectivity index (χ4n) is 3.23. The van der Waals surface area contributed by atoms with E-state index in [1.165, 1.54) is 0 Å². The molecule has 1 saturated carbocycles. The van der Waals surface area contributed by atoms with Crippen molar-refractivity contribution in [2.45, 2.75) is 44.6 Å². The number of hydroxylamine groups is 1. The molecule has 32 heavy (non-hydrogen) atoms. The molecule has 1 aliphatic carbocycles. The van der Waals surface area contributed by atoms with Crippen LogP contribution in [0.15, 0.2) is 54.6 Å². The third kappa shape index (κ3) is 7.35. The summed E-state index contributed by atoms with van der Waals surface area (Å²) in [5.41, 5.74) is 4.44. The Morgan fingerprint density at radius 3 is 2.28 bits per heavy atom. The molecule has 0 unspecified atom stereocenters. The lowest BCUT2D eigenvalue weighted by Gasteiger charge is -2.09. The van der Waals surface area contributed by atoms with E-state index < -0.39 is 5.91 Å². The summed E-state index contributed by atoms with van der Waals surface area (Å²) < 4.78 is 0. The molecule has 3 amide bonds. The number of benzene rings is 2. The minimum atomic E-state index is -0.399. The Balaban J connectivity index is 1.56. The van der Waals surface area contributed by atoms with Crippen LogP contribution in [-0.2, 0) is 9.59 Å². The van der Waals surface area contributed by atoms with Crippen molar-refractivity contribution in [1.82, 2.24) is 16.1 Å². The summed E-state index contributed by atoms with van der Waals surface area (Å²) in [6.45, 7) is 0.515. The normalized spacial score (nSPS) is 13.3. The maximum Gasteiger partial charge on any atom is 0.252 e. The third-order valence-electron chi connectivity index (χ3n) is 5.22. The number of unbranched alkanes of at least 4 members (excludes halogenated alkanes) is 2. The topological polar surface area (TPSA) is 108 Å². The first-order valence-corrected chi connectivity index (χ1v) is 11.0. The van der Waals surface area contributed by atoms with Crippen molar-refractivity contribution in [2.75, 3.05) is 6.54 Å². The zero-order valence-electron chi connectivity index (χ0n) is 18.0. The maximum atomic E-state index is 12.7. The summed E-state index contributed by atoms with van der Waals surface area (Å²) in [6, 6.07) is 17.0. The van der Waals surface area contributed by atoms with Gasteiger partial charge in [-0.05, 0) is 55.0 Å². The molecule has 0 spiro atoms. The minimum Gasteiger partial charge on any atom is -0.352 e. The van der Waals surface area contributed by atoms with E-state index in [0.29, 0.717) is 24.1 Å². The second-order valence-electron chi connectivity index (χ2n) is 7.90. The molecule has 0 bridgehead atoms. The van der Waals surface area contributed by atoms with Crippen LogP contribution in [0, 0.1) is 0 Å². The first-order chi connectivity index (χ1) is 15.6. The SMILES string of the molecule is O=C(CCCCCNC(=O)c1ccc(/C=C(/C(=O)NC2CC2)c2ccccc2)cc1)NO. The molecule has 0 saturated heterocycles. The van der Waals surface area contributed by atoms with Gasteiger partial charge in [0.15, 0.2) is 0 Å². The molecule has 0 radical (unpaired) electrons. The van der Waals surface area contributed by atoms with Crippen LogP contribution in [0.2, 0.25) is 0 Å².